The Bertz CT molecular complexity index is 923. The van der Waals surface area contributed by atoms with Crippen LogP contribution < -0.4 is 5.32 Å². The standard InChI is InChI=1S/C19H20Cl2N4O/c1-25(2)15(8-12-3-6-18-13(7-12)10-23-24-18)11-22-19(26)16-5-4-14(20)9-17(16)21/h3-7,9-10,15H,8,11H2,1-2H3,(H,22,26)(H,23,24). The fraction of sp³-hybridized carbons (Fsp3) is 0.263. The molecule has 1 aromatic heterocycles. The minimum Gasteiger partial charge on any atom is -0.350 e. The van der Waals surface area contributed by atoms with Gasteiger partial charge in [0, 0.05) is 23.0 Å². The van der Waals surface area contributed by atoms with Gasteiger partial charge in [-0.3, -0.25) is 9.89 Å². The molecule has 0 radical (unpaired) electrons. The number of halogens is 2. The Morgan fingerprint density at radius 2 is 2.04 bits per heavy atom. The van der Waals surface area contributed by atoms with E-state index in [-0.39, 0.29) is 11.9 Å². The van der Waals surface area contributed by atoms with Gasteiger partial charge in [0.1, 0.15) is 0 Å². The van der Waals surface area contributed by atoms with Gasteiger partial charge in [0.25, 0.3) is 5.91 Å². The van der Waals surface area contributed by atoms with Crippen molar-refractivity contribution in [1.82, 2.24) is 20.4 Å². The number of hydrogen-bond donors (Lipinski definition) is 2. The molecule has 5 nitrogen and oxygen atoms in total. The molecule has 1 unspecified atom stereocenters. The number of benzene rings is 2. The molecule has 0 saturated heterocycles. The number of nitrogens with zero attached hydrogens (tertiary/aromatic N) is 2. The molecule has 2 N–H and O–H groups in total. The lowest BCUT2D eigenvalue weighted by atomic mass is 10.0. The van der Waals surface area contributed by atoms with E-state index in [9.17, 15) is 4.79 Å². The highest BCUT2D eigenvalue weighted by atomic mass is 35.5. The Balaban J connectivity index is 1.67. The highest BCUT2D eigenvalue weighted by molar-refractivity contribution is 6.36. The number of hydrogen-bond acceptors (Lipinski definition) is 3. The summed E-state index contributed by atoms with van der Waals surface area (Å²) in [4.78, 5) is 14.5. The highest BCUT2D eigenvalue weighted by Crippen LogP contribution is 2.21. The Morgan fingerprint density at radius 1 is 1.23 bits per heavy atom. The van der Waals surface area contributed by atoms with Crippen molar-refractivity contribution >= 4 is 40.0 Å². The summed E-state index contributed by atoms with van der Waals surface area (Å²) >= 11 is 12.0. The molecule has 3 aromatic rings. The number of carbonyl (C=O) groups excluding carboxylic acids is 1. The van der Waals surface area contributed by atoms with Crippen LogP contribution in [-0.2, 0) is 6.42 Å². The summed E-state index contributed by atoms with van der Waals surface area (Å²) in [5.74, 6) is -0.205. The molecule has 2 aromatic carbocycles. The Morgan fingerprint density at radius 3 is 2.77 bits per heavy atom. The second-order valence-corrected chi connectivity index (χ2v) is 7.29. The molecule has 1 atom stereocenters. The quantitative estimate of drug-likeness (QED) is 0.673. The third-order valence-electron chi connectivity index (χ3n) is 4.38. The number of aromatic nitrogens is 2. The molecule has 0 aliphatic carbocycles. The lowest BCUT2D eigenvalue weighted by Crippen LogP contribution is -2.41. The van der Waals surface area contributed by atoms with Crippen molar-refractivity contribution in [2.45, 2.75) is 12.5 Å². The maximum absolute atomic E-state index is 12.4. The summed E-state index contributed by atoms with van der Waals surface area (Å²) in [6.45, 7) is 0.508. The Labute approximate surface area is 162 Å². The number of amides is 1. The largest absolute Gasteiger partial charge is 0.350 e. The van der Waals surface area contributed by atoms with E-state index in [1.165, 1.54) is 5.56 Å². The van der Waals surface area contributed by atoms with Gasteiger partial charge < -0.3 is 10.2 Å². The van der Waals surface area contributed by atoms with Crippen molar-refractivity contribution in [2.24, 2.45) is 0 Å². The normalized spacial score (nSPS) is 12.5. The van der Waals surface area contributed by atoms with Gasteiger partial charge in [-0.2, -0.15) is 5.10 Å². The van der Waals surface area contributed by atoms with Crippen LogP contribution in [0.15, 0.2) is 42.6 Å². The lowest BCUT2D eigenvalue weighted by molar-refractivity contribution is 0.0942. The molecule has 1 amide bonds. The van der Waals surface area contributed by atoms with Gasteiger partial charge in [-0.05, 0) is 56.4 Å². The van der Waals surface area contributed by atoms with Crippen molar-refractivity contribution in [3.8, 4) is 0 Å². The number of nitrogens with one attached hydrogen (secondary N) is 2. The summed E-state index contributed by atoms with van der Waals surface area (Å²) in [6.07, 6.45) is 2.62. The minimum atomic E-state index is -0.205. The number of H-pyrrole nitrogens is 1. The van der Waals surface area contributed by atoms with Crippen LogP contribution >= 0.6 is 23.2 Å². The zero-order valence-corrected chi connectivity index (χ0v) is 16.1. The second-order valence-electron chi connectivity index (χ2n) is 6.45. The molecule has 3 rings (SSSR count). The number of likely N-dealkylation sites (N-methyl/N-ethyl adjacent to an activating group) is 1. The van der Waals surface area contributed by atoms with E-state index >= 15 is 0 Å². The molecule has 0 fully saturated rings. The summed E-state index contributed by atoms with van der Waals surface area (Å²) in [6, 6.07) is 11.2. The van der Waals surface area contributed by atoms with Gasteiger partial charge in [0.15, 0.2) is 0 Å². The van der Waals surface area contributed by atoms with Crippen LogP contribution in [0.25, 0.3) is 10.9 Å². The van der Waals surface area contributed by atoms with Gasteiger partial charge in [-0.1, -0.05) is 29.3 Å². The molecular weight excluding hydrogens is 371 g/mol. The summed E-state index contributed by atoms with van der Waals surface area (Å²) in [5, 5.41) is 11.9. The smallest absolute Gasteiger partial charge is 0.252 e. The first-order chi connectivity index (χ1) is 12.4. The fourth-order valence-corrected chi connectivity index (χ4v) is 3.30. The average molecular weight is 391 g/mol. The molecular formula is C19H20Cl2N4O. The third-order valence-corrected chi connectivity index (χ3v) is 4.93. The number of fused-ring (bicyclic) bond motifs is 1. The van der Waals surface area contributed by atoms with Crippen LogP contribution in [0.4, 0.5) is 0 Å². The van der Waals surface area contributed by atoms with E-state index in [0.29, 0.717) is 22.2 Å². The van der Waals surface area contributed by atoms with E-state index in [1.807, 2.05) is 26.4 Å². The molecule has 0 aliphatic heterocycles. The maximum Gasteiger partial charge on any atom is 0.252 e. The predicted molar refractivity (Wildman–Crippen MR) is 106 cm³/mol. The van der Waals surface area contributed by atoms with Gasteiger partial charge in [0.2, 0.25) is 0 Å². The second kappa shape index (κ2) is 8.08. The van der Waals surface area contributed by atoms with Crippen LogP contribution in [0.1, 0.15) is 15.9 Å². The zero-order valence-electron chi connectivity index (χ0n) is 14.6. The predicted octanol–water partition coefficient (Wildman–Crippen LogP) is 3.77. The van der Waals surface area contributed by atoms with E-state index in [1.54, 1.807) is 18.2 Å². The van der Waals surface area contributed by atoms with Crippen LogP contribution in [-0.4, -0.2) is 47.7 Å². The van der Waals surface area contributed by atoms with Gasteiger partial charge in [-0.25, -0.2) is 0 Å². The van der Waals surface area contributed by atoms with Crippen molar-refractivity contribution in [2.75, 3.05) is 20.6 Å². The Kier molecular flexibility index (Phi) is 5.81. The van der Waals surface area contributed by atoms with Crippen LogP contribution in [0.5, 0.6) is 0 Å². The molecule has 1 heterocycles. The van der Waals surface area contributed by atoms with Crippen molar-refractivity contribution in [3.63, 3.8) is 0 Å². The maximum atomic E-state index is 12.4. The molecule has 0 saturated carbocycles. The Hall–Kier alpha value is -2.08. The molecule has 26 heavy (non-hydrogen) atoms. The topological polar surface area (TPSA) is 61.0 Å². The third kappa shape index (κ3) is 4.36. The molecule has 0 spiro atoms. The summed E-state index contributed by atoms with van der Waals surface area (Å²) in [5.41, 5.74) is 2.63. The first kappa shape index (κ1) is 18.7. The molecule has 0 aliphatic rings. The van der Waals surface area contributed by atoms with Crippen LogP contribution in [0.3, 0.4) is 0 Å². The summed E-state index contributed by atoms with van der Waals surface area (Å²) < 4.78 is 0. The first-order valence-corrected chi connectivity index (χ1v) is 9.01. The minimum absolute atomic E-state index is 0.148. The zero-order chi connectivity index (χ0) is 18.7. The van der Waals surface area contributed by atoms with E-state index in [2.05, 4.69) is 32.5 Å². The fourth-order valence-electron chi connectivity index (χ4n) is 2.81. The summed E-state index contributed by atoms with van der Waals surface area (Å²) in [7, 11) is 4.00. The van der Waals surface area contributed by atoms with Crippen LogP contribution in [0.2, 0.25) is 10.0 Å². The van der Waals surface area contributed by atoms with E-state index < -0.39 is 0 Å². The number of rotatable bonds is 6. The molecule has 0 bridgehead atoms. The molecule has 136 valence electrons. The van der Waals surface area contributed by atoms with Crippen molar-refractivity contribution in [3.05, 3.63) is 63.8 Å². The van der Waals surface area contributed by atoms with E-state index in [0.717, 1.165) is 17.3 Å². The highest BCUT2D eigenvalue weighted by Gasteiger charge is 2.16. The average Bonchev–Trinajstić information content (AvgIpc) is 3.05. The lowest BCUT2D eigenvalue weighted by Gasteiger charge is -2.25. The van der Waals surface area contributed by atoms with Gasteiger partial charge >= 0.3 is 0 Å². The monoisotopic (exact) mass is 390 g/mol. The number of aromatic amines is 1. The SMILES string of the molecule is CN(C)C(CNC(=O)c1ccc(Cl)cc1Cl)Cc1ccc2[nH]ncc2c1. The van der Waals surface area contributed by atoms with Gasteiger partial charge in [-0.15, -0.1) is 0 Å². The van der Waals surface area contributed by atoms with E-state index in [4.69, 9.17) is 23.2 Å². The van der Waals surface area contributed by atoms with Crippen LogP contribution in [0, 0.1) is 0 Å². The first-order valence-electron chi connectivity index (χ1n) is 8.25. The number of carbonyl (C=O) groups is 1. The molecule has 7 heteroatoms. The van der Waals surface area contributed by atoms with Crippen molar-refractivity contribution in [1.29, 1.82) is 0 Å². The van der Waals surface area contributed by atoms with Gasteiger partial charge in [0.05, 0.1) is 22.3 Å². The van der Waals surface area contributed by atoms with Crippen molar-refractivity contribution < 1.29 is 4.79 Å².